The molecule has 5 nitrogen and oxygen atoms in total. The molecule has 0 N–H and O–H groups in total. The molecule has 0 unspecified atom stereocenters. The molecule has 3 heterocycles. The van der Waals surface area contributed by atoms with Gasteiger partial charge in [-0.15, -0.1) is 0 Å². The molecule has 1 atom stereocenters. The van der Waals surface area contributed by atoms with E-state index in [-0.39, 0.29) is 5.91 Å². The molecule has 2 aromatic heterocycles. The van der Waals surface area contributed by atoms with Crippen LogP contribution in [0.4, 0.5) is 0 Å². The summed E-state index contributed by atoms with van der Waals surface area (Å²) in [7, 11) is 0. The van der Waals surface area contributed by atoms with E-state index in [1.54, 1.807) is 18.1 Å². The Labute approximate surface area is 146 Å². The van der Waals surface area contributed by atoms with Crippen molar-refractivity contribution in [2.75, 3.05) is 0 Å². The number of rotatable bonds is 2. The fourth-order valence-electron chi connectivity index (χ4n) is 3.21. The lowest BCUT2D eigenvalue weighted by molar-refractivity contribution is -0.138. The SMILES string of the molecule is Cc1ccc2cc3c(nc2c1C)O[C@@H](C)C(=O)N(Cc1ccco1)C3. The van der Waals surface area contributed by atoms with Crippen molar-refractivity contribution < 1.29 is 13.9 Å². The summed E-state index contributed by atoms with van der Waals surface area (Å²) in [6.07, 6.45) is 1.04. The average Bonchev–Trinajstić information content (AvgIpc) is 3.07. The van der Waals surface area contributed by atoms with Crippen LogP contribution < -0.4 is 4.74 Å². The van der Waals surface area contributed by atoms with E-state index < -0.39 is 6.10 Å². The van der Waals surface area contributed by atoms with Crippen LogP contribution in [0.25, 0.3) is 10.9 Å². The highest BCUT2D eigenvalue weighted by Gasteiger charge is 2.29. The van der Waals surface area contributed by atoms with Gasteiger partial charge in [0.05, 0.1) is 24.9 Å². The van der Waals surface area contributed by atoms with Gasteiger partial charge >= 0.3 is 0 Å². The van der Waals surface area contributed by atoms with E-state index in [0.717, 1.165) is 27.8 Å². The van der Waals surface area contributed by atoms with Gasteiger partial charge in [-0.2, -0.15) is 0 Å². The zero-order valence-corrected chi connectivity index (χ0v) is 14.6. The number of hydrogen-bond acceptors (Lipinski definition) is 4. The summed E-state index contributed by atoms with van der Waals surface area (Å²) in [6, 6.07) is 9.93. The fraction of sp³-hybridized carbons (Fsp3) is 0.300. The Bertz CT molecular complexity index is 947. The van der Waals surface area contributed by atoms with E-state index >= 15 is 0 Å². The highest BCUT2D eigenvalue weighted by molar-refractivity contribution is 5.85. The molecule has 25 heavy (non-hydrogen) atoms. The van der Waals surface area contributed by atoms with Gasteiger partial charge in [-0.1, -0.05) is 12.1 Å². The number of amides is 1. The van der Waals surface area contributed by atoms with Gasteiger partial charge in [0.2, 0.25) is 5.88 Å². The van der Waals surface area contributed by atoms with Crippen molar-refractivity contribution >= 4 is 16.8 Å². The summed E-state index contributed by atoms with van der Waals surface area (Å²) in [5, 5.41) is 1.06. The molecular weight excluding hydrogens is 316 g/mol. The highest BCUT2D eigenvalue weighted by Crippen LogP contribution is 2.30. The van der Waals surface area contributed by atoms with Gasteiger partial charge in [0.1, 0.15) is 5.76 Å². The second kappa shape index (κ2) is 5.92. The van der Waals surface area contributed by atoms with Crippen LogP contribution in [-0.2, 0) is 17.9 Å². The summed E-state index contributed by atoms with van der Waals surface area (Å²) < 4.78 is 11.3. The minimum absolute atomic E-state index is 0.0636. The molecule has 0 aliphatic carbocycles. The van der Waals surface area contributed by atoms with Crippen LogP contribution in [0.15, 0.2) is 41.0 Å². The Morgan fingerprint density at radius 2 is 2.12 bits per heavy atom. The summed E-state index contributed by atoms with van der Waals surface area (Å²) in [5.74, 6) is 1.24. The van der Waals surface area contributed by atoms with E-state index in [0.29, 0.717) is 19.0 Å². The van der Waals surface area contributed by atoms with Crippen molar-refractivity contribution in [3.8, 4) is 5.88 Å². The van der Waals surface area contributed by atoms with E-state index in [9.17, 15) is 4.79 Å². The van der Waals surface area contributed by atoms with Crippen molar-refractivity contribution in [2.45, 2.75) is 40.0 Å². The molecular formula is C20H20N2O3. The van der Waals surface area contributed by atoms with Gasteiger partial charge in [0.25, 0.3) is 5.91 Å². The Balaban J connectivity index is 1.78. The first-order valence-electron chi connectivity index (χ1n) is 8.40. The smallest absolute Gasteiger partial charge is 0.264 e. The van der Waals surface area contributed by atoms with Crippen LogP contribution in [0.2, 0.25) is 0 Å². The van der Waals surface area contributed by atoms with Crippen molar-refractivity contribution in [1.29, 1.82) is 0 Å². The highest BCUT2D eigenvalue weighted by atomic mass is 16.5. The Hall–Kier alpha value is -2.82. The molecule has 1 aromatic carbocycles. The number of pyridine rings is 1. The first kappa shape index (κ1) is 15.7. The largest absolute Gasteiger partial charge is 0.467 e. The van der Waals surface area contributed by atoms with Crippen molar-refractivity contribution in [3.63, 3.8) is 0 Å². The number of carbonyl (C=O) groups excluding carboxylic acids is 1. The van der Waals surface area contributed by atoms with E-state index in [2.05, 4.69) is 32.0 Å². The maximum atomic E-state index is 12.7. The minimum Gasteiger partial charge on any atom is -0.467 e. The second-order valence-electron chi connectivity index (χ2n) is 6.57. The number of fused-ring (bicyclic) bond motifs is 2. The number of carbonyl (C=O) groups is 1. The average molecular weight is 336 g/mol. The number of nitrogens with zero attached hydrogens (tertiary/aromatic N) is 2. The monoisotopic (exact) mass is 336 g/mol. The quantitative estimate of drug-likeness (QED) is 0.715. The zero-order chi connectivity index (χ0) is 17.6. The third-order valence-electron chi connectivity index (χ3n) is 4.79. The predicted molar refractivity (Wildman–Crippen MR) is 94.3 cm³/mol. The Morgan fingerprint density at radius 3 is 2.88 bits per heavy atom. The number of ether oxygens (including phenoxy) is 1. The van der Waals surface area contributed by atoms with Crippen molar-refractivity contribution in [3.05, 3.63) is 59.0 Å². The van der Waals surface area contributed by atoms with Crippen LogP contribution in [0.3, 0.4) is 0 Å². The minimum atomic E-state index is -0.578. The molecule has 1 aliphatic rings. The zero-order valence-electron chi connectivity index (χ0n) is 14.6. The fourth-order valence-corrected chi connectivity index (χ4v) is 3.21. The lowest BCUT2D eigenvalue weighted by atomic mass is 10.0. The predicted octanol–water partition coefficient (Wildman–Crippen LogP) is 3.75. The first-order valence-corrected chi connectivity index (χ1v) is 8.40. The van der Waals surface area contributed by atoms with Crippen molar-refractivity contribution in [2.24, 2.45) is 0 Å². The number of aromatic nitrogens is 1. The number of benzene rings is 1. The van der Waals surface area contributed by atoms with Gasteiger partial charge < -0.3 is 14.1 Å². The lowest BCUT2D eigenvalue weighted by Crippen LogP contribution is -2.37. The molecule has 0 saturated carbocycles. The Kier molecular flexibility index (Phi) is 3.71. The van der Waals surface area contributed by atoms with Crippen LogP contribution >= 0.6 is 0 Å². The van der Waals surface area contributed by atoms with Crippen LogP contribution in [0.1, 0.15) is 29.4 Å². The third-order valence-corrected chi connectivity index (χ3v) is 4.79. The standard InChI is InChI=1S/C20H20N2O3/c1-12-6-7-15-9-16-10-22(11-17-5-4-8-24-17)20(23)14(3)25-19(16)21-18(15)13(12)2/h4-9,14H,10-11H2,1-3H3/t14-/m0/s1. The van der Waals surface area contributed by atoms with E-state index in [1.807, 2.05) is 12.1 Å². The van der Waals surface area contributed by atoms with E-state index in [1.165, 1.54) is 5.56 Å². The number of furan rings is 1. The first-order chi connectivity index (χ1) is 12.0. The molecule has 0 saturated heterocycles. The normalized spacial score (nSPS) is 17.3. The lowest BCUT2D eigenvalue weighted by Gasteiger charge is -2.20. The van der Waals surface area contributed by atoms with Crippen LogP contribution in [-0.4, -0.2) is 21.9 Å². The summed E-state index contributed by atoms with van der Waals surface area (Å²) in [4.78, 5) is 19.2. The molecule has 0 spiro atoms. The van der Waals surface area contributed by atoms with Gasteiger partial charge in [-0.05, 0) is 50.1 Å². The van der Waals surface area contributed by atoms with Gasteiger partial charge in [0, 0.05) is 10.9 Å². The maximum absolute atomic E-state index is 12.7. The molecule has 3 aromatic rings. The van der Waals surface area contributed by atoms with Crippen LogP contribution in [0.5, 0.6) is 5.88 Å². The molecule has 1 amide bonds. The maximum Gasteiger partial charge on any atom is 0.264 e. The summed E-state index contributed by atoms with van der Waals surface area (Å²) in [5.41, 5.74) is 4.18. The van der Waals surface area contributed by atoms with Crippen LogP contribution in [0, 0.1) is 13.8 Å². The second-order valence-corrected chi connectivity index (χ2v) is 6.57. The van der Waals surface area contributed by atoms with Gasteiger partial charge in [-0.3, -0.25) is 4.79 Å². The Morgan fingerprint density at radius 1 is 1.28 bits per heavy atom. The van der Waals surface area contributed by atoms with Gasteiger partial charge in [0.15, 0.2) is 6.10 Å². The van der Waals surface area contributed by atoms with E-state index in [4.69, 9.17) is 14.1 Å². The molecule has 4 rings (SSSR count). The van der Waals surface area contributed by atoms with Crippen molar-refractivity contribution in [1.82, 2.24) is 9.88 Å². The molecule has 0 radical (unpaired) electrons. The summed E-state index contributed by atoms with van der Waals surface area (Å²) >= 11 is 0. The number of aryl methyl sites for hydroxylation is 2. The molecule has 128 valence electrons. The molecule has 5 heteroatoms. The topological polar surface area (TPSA) is 55.6 Å². The molecule has 0 bridgehead atoms. The van der Waals surface area contributed by atoms with Gasteiger partial charge in [-0.25, -0.2) is 4.98 Å². The third kappa shape index (κ3) is 2.76. The molecule has 0 fully saturated rings. The number of hydrogen-bond donors (Lipinski definition) is 0. The summed E-state index contributed by atoms with van der Waals surface area (Å²) in [6.45, 7) is 6.77. The molecule has 1 aliphatic heterocycles.